The standard InChI is InChI=1S/C41H44ClFN10O4/c1-25-18-41(24-52(25)27-3-4-33(44-2)31(42)15-27)7-9-50(10-8-41)36-20-45-26(19-46-36)21-48-11-13-49(14-12-48)28-22-51(23-28)35-17-30-29(16-32(35)43)39(56)53(40(30)57)34-5-6-37(54)47-38(34)55/h3-4,15-17,19-20,25,28,34H,5-14,18,21-24H2,1H3,(H,47,54,55)/t25-,34?/m0/s1. The Labute approximate surface area is 335 Å². The topological polar surface area (TPSA) is 130 Å². The number of benzene rings is 2. The zero-order valence-electron chi connectivity index (χ0n) is 31.8. The number of hydrogen-bond acceptors (Lipinski definition) is 11. The molecule has 0 aliphatic carbocycles. The van der Waals surface area contributed by atoms with E-state index in [1.54, 1.807) is 0 Å². The Kier molecular flexibility index (Phi) is 9.61. The van der Waals surface area contributed by atoms with Crippen molar-refractivity contribution in [1.29, 1.82) is 0 Å². The van der Waals surface area contributed by atoms with Crippen LogP contribution in [0.2, 0.25) is 5.02 Å². The zero-order chi connectivity index (χ0) is 39.6. The van der Waals surface area contributed by atoms with Gasteiger partial charge in [0.1, 0.15) is 17.7 Å². The Morgan fingerprint density at radius 2 is 1.68 bits per heavy atom. The first-order chi connectivity index (χ1) is 27.5. The van der Waals surface area contributed by atoms with E-state index >= 15 is 4.39 Å². The van der Waals surface area contributed by atoms with Gasteiger partial charge in [0.05, 0.1) is 41.5 Å². The predicted molar refractivity (Wildman–Crippen MR) is 211 cm³/mol. The molecule has 6 aliphatic heterocycles. The van der Waals surface area contributed by atoms with Crippen LogP contribution >= 0.6 is 11.6 Å². The summed E-state index contributed by atoms with van der Waals surface area (Å²) < 4.78 is 15.3. The molecule has 7 heterocycles. The van der Waals surface area contributed by atoms with Crippen LogP contribution in [0.4, 0.5) is 27.3 Å². The zero-order valence-corrected chi connectivity index (χ0v) is 32.5. The maximum absolute atomic E-state index is 15.3. The Morgan fingerprint density at radius 3 is 2.35 bits per heavy atom. The third-order valence-electron chi connectivity index (χ3n) is 13.0. The maximum Gasteiger partial charge on any atom is 0.262 e. The minimum Gasteiger partial charge on any atom is -0.368 e. The first kappa shape index (κ1) is 37.4. The van der Waals surface area contributed by atoms with Crippen molar-refractivity contribution in [2.45, 2.75) is 63.7 Å². The summed E-state index contributed by atoms with van der Waals surface area (Å²) in [6.45, 7) is 17.9. The number of piperazine rings is 1. The molecule has 4 amide bonds. The number of nitrogens with zero attached hydrogens (tertiary/aromatic N) is 9. The third-order valence-corrected chi connectivity index (χ3v) is 13.3. The lowest BCUT2D eigenvalue weighted by Crippen LogP contribution is -2.63. The summed E-state index contributed by atoms with van der Waals surface area (Å²) in [4.78, 5) is 75.8. The first-order valence-corrected chi connectivity index (χ1v) is 20.1. The number of anilines is 3. The maximum atomic E-state index is 15.3. The van der Waals surface area contributed by atoms with Gasteiger partial charge in [0.2, 0.25) is 17.5 Å². The lowest BCUT2D eigenvalue weighted by molar-refractivity contribution is -0.136. The largest absolute Gasteiger partial charge is 0.368 e. The molecule has 0 saturated carbocycles. The van der Waals surface area contributed by atoms with Crippen LogP contribution in [0.5, 0.6) is 0 Å². The number of rotatable bonds is 7. The van der Waals surface area contributed by atoms with Crippen LogP contribution < -0.4 is 20.0 Å². The average molecular weight is 795 g/mol. The van der Waals surface area contributed by atoms with Crippen LogP contribution in [0.15, 0.2) is 42.7 Å². The molecule has 1 spiro atoms. The minimum atomic E-state index is -1.09. The second kappa shape index (κ2) is 14.6. The van der Waals surface area contributed by atoms with Gasteiger partial charge < -0.3 is 14.7 Å². The van der Waals surface area contributed by atoms with E-state index < -0.39 is 35.5 Å². The number of nitrogens with one attached hydrogen (secondary N) is 1. The highest BCUT2D eigenvalue weighted by Crippen LogP contribution is 2.46. The van der Waals surface area contributed by atoms with Gasteiger partial charge in [0.25, 0.3) is 11.8 Å². The van der Waals surface area contributed by atoms with Gasteiger partial charge in [-0.2, -0.15) is 0 Å². The summed E-state index contributed by atoms with van der Waals surface area (Å²) in [5, 5.41) is 2.69. The average Bonchev–Trinajstić information content (AvgIpc) is 3.63. The summed E-state index contributed by atoms with van der Waals surface area (Å²) in [6.07, 6.45) is 7.19. The molecule has 16 heteroatoms. The van der Waals surface area contributed by atoms with E-state index in [2.05, 4.69) is 36.7 Å². The second-order valence-electron chi connectivity index (χ2n) is 16.4. The van der Waals surface area contributed by atoms with E-state index in [-0.39, 0.29) is 41.1 Å². The van der Waals surface area contributed by atoms with Gasteiger partial charge in [-0.3, -0.25) is 44.2 Å². The third kappa shape index (κ3) is 6.87. The number of carbonyl (C=O) groups is 4. The fourth-order valence-electron chi connectivity index (χ4n) is 9.71. The highest BCUT2D eigenvalue weighted by molar-refractivity contribution is 6.33. The van der Waals surface area contributed by atoms with Crippen LogP contribution in [0.1, 0.15) is 65.4 Å². The number of hydrogen-bond donors (Lipinski definition) is 1. The molecule has 5 saturated heterocycles. The molecule has 14 nitrogen and oxygen atoms in total. The number of carbonyl (C=O) groups excluding carboxylic acids is 4. The Morgan fingerprint density at radius 1 is 0.947 bits per heavy atom. The Hall–Kier alpha value is -5.17. The smallest absolute Gasteiger partial charge is 0.262 e. The Bertz CT molecular complexity index is 2180. The molecule has 6 aliphatic rings. The molecule has 5 fully saturated rings. The van der Waals surface area contributed by atoms with Gasteiger partial charge in [-0.25, -0.2) is 14.2 Å². The molecular weight excluding hydrogens is 751 g/mol. The number of aromatic nitrogens is 2. The molecule has 0 bridgehead atoms. The SMILES string of the molecule is [C-]#[N+]c1ccc(N2CC3(CCN(c4cnc(CN5CCN(C6CN(c7cc8c(cc7F)C(=O)N(C7CCC(=O)NC7=O)C8=O)C6)CC5)cn4)CC3)C[C@@H]2C)cc1Cl. The van der Waals surface area contributed by atoms with E-state index in [4.69, 9.17) is 28.1 Å². The van der Waals surface area contributed by atoms with Crippen molar-refractivity contribution in [2.75, 3.05) is 73.6 Å². The van der Waals surface area contributed by atoms with Crippen LogP contribution in [-0.2, 0) is 16.1 Å². The first-order valence-electron chi connectivity index (χ1n) is 19.8. The Balaban J connectivity index is 0.735. The summed E-state index contributed by atoms with van der Waals surface area (Å²) in [5.74, 6) is -2.16. The van der Waals surface area contributed by atoms with Crippen molar-refractivity contribution in [2.24, 2.45) is 5.41 Å². The van der Waals surface area contributed by atoms with Gasteiger partial charge in [-0.15, -0.1) is 0 Å². The molecule has 3 aromatic rings. The van der Waals surface area contributed by atoms with Crippen LogP contribution in [0.3, 0.4) is 0 Å². The van der Waals surface area contributed by atoms with Crippen molar-refractivity contribution in [3.63, 3.8) is 0 Å². The van der Waals surface area contributed by atoms with Crippen molar-refractivity contribution >= 4 is 58.1 Å². The van der Waals surface area contributed by atoms with E-state index in [9.17, 15) is 19.2 Å². The number of amides is 4. The van der Waals surface area contributed by atoms with Gasteiger partial charge in [-0.1, -0.05) is 17.7 Å². The fraction of sp³-hybridized carbons (Fsp3) is 0.488. The number of fused-ring (bicyclic) bond motifs is 1. The normalized spacial score (nSPS) is 24.2. The van der Waals surface area contributed by atoms with Crippen molar-refractivity contribution < 1.29 is 23.6 Å². The monoisotopic (exact) mass is 794 g/mol. The highest BCUT2D eigenvalue weighted by Gasteiger charge is 2.47. The summed E-state index contributed by atoms with van der Waals surface area (Å²) in [7, 11) is 0. The quantitative estimate of drug-likeness (QED) is 0.274. The van der Waals surface area contributed by atoms with E-state index in [1.165, 1.54) is 6.07 Å². The number of piperidine rings is 2. The molecule has 2 aromatic carbocycles. The minimum absolute atomic E-state index is 0.0235. The highest BCUT2D eigenvalue weighted by atomic mass is 35.5. The van der Waals surface area contributed by atoms with Gasteiger partial charge in [0.15, 0.2) is 0 Å². The van der Waals surface area contributed by atoms with Crippen LogP contribution in [0.25, 0.3) is 4.85 Å². The number of imide groups is 2. The van der Waals surface area contributed by atoms with Crippen molar-refractivity contribution in [1.82, 2.24) is 30.0 Å². The molecule has 9 rings (SSSR count). The van der Waals surface area contributed by atoms with E-state index in [1.807, 2.05) is 35.5 Å². The molecule has 1 aromatic heterocycles. The lowest BCUT2D eigenvalue weighted by atomic mass is 9.77. The molecule has 0 radical (unpaired) electrons. The summed E-state index contributed by atoms with van der Waals surface area (Å²) >= 11 is 6.37. The summed E-state index contributed by atoms with van der Waals surface area (Å²) in [5.41, 5.74) is 3.06. The summed E-state index contributed by atoms with van der Waals surface area (Å²) in [6, 6.07) is 7.85. The van der Waals surface area contributed by atoms with Crippen LogP contribution in [0, 0.1) is 17.8 Å². The fourth-order valence-corrected chi connectivity index (χ4v) is 9.93. The number of halogens is 2. The molecule has 1 N–H and O–H groups in total. The van der Waals surface area contributed by atoms with Gasteiger partial charge >= 0.3 is 0 Å². The molecule has 296 valence electrons. The molecule has 57 heavy (non-hydrogen) atoms. The predicted octanol–water partition coefficient (Wildman–Crippen LogP) is 4.11. The van der Waals surface area contributed by atoms with E-state index in [0.717, 1.165) is 99.8 Å². The van der Waals surface area contributed by atoms with Crippen molar-refractivity contribution in [3.8, 4) is 0 Å². The molecule has 2 atom stereocenters. The van der Waals surface area contributed by atoms with Crippen LogP contribution in [-0.4, -0.2) is 125 Å². The lowest BCUT2D eigenvalue weighted by Gasteiger charge is -2.49. The second-order valence-corrected chi connectivity index (χ2v) is 16.9. The molecular formula is C41H44ClFN10O4. The van der Waals surface area contributed by atoms with Gasteiger partial charge in [-0.05, 0) is 62.3 Å². The van der Waals surface area contributed by atoms with E-state index in [0.29, 0.717) is 29.8 Å². The molecule has 1 unspecified atom stereocenters. The van der Waals surface area contributed by atoms with Crippen molar-refractivity contribution in [3.05, 3.63) is 81.8 Å². The van der Waals surface area contributed by atoms with Gasteiger partial charge in [0, 0.05) is 94.7 Å².